The van der Waals surface area contributed by atoms with Crippen LogP contribution in [0.15, 0.2) is 43.2 Å². The second-order valence-corrected chi connectivity index (χ2v) is 3.29. The van der Waals surface area contributed by atoms with Crippen molar-refractivity contribution in [2.24, 2.45) is 0 Å². The van der Waals surface area contributed by atoms with Crippen LogP contribution in [0.3, 0.4) is 0 Å². The molecular formula is C12H13N3. The highest BCUT2D eigenvalue weighted by Crippen LogP contribution is 2.27. The Hall–Kier alpha value is -2.03. The van der Waals surface area contributed by atoms with Gasteiger partial charge in [-0.05, 0) is 12.1 Å². The molecule has 0 aliphatic carbocycles. The van der Waals surface area contributed by atoms with Gasteiger partial charge in [-0.25, -0.2) is 0 Å². The highest BCUT2D eigenvalue weighted by atomic mass is 14.9. The molecule has 0 saturated carbocycles. The fraction of sp³-hybridized carbons (Fsp3) is 0.0833. The van der Waals surface area contributed by atoms with E-state index in [2.05, 4.69) is 16.9 Å². The Kier molecular flexibility index (Phi) is 2.54. The van der Waals surface area contributed by atoms with Gasteiger partial charge in [-0.15, -0.1) is 6.58 Å². The van der Waals surface area contributed by atoms with Crippen molar-refractivity contribution in [2.75, 3.05) is 17.6 Å². The van der Waals surface area contributed by atoms with Crippen molar-refractivity contribution in [3.8, 4) is 0 Å². The molecule has 0 aliphatic rings. The molecule has 1 aromatic carbocycles. The summed E-state index contributed by atoms with van der Waals surface area (Å²) in [6.07, 6.45) is 5.36. The van der Waals surface area contributed by atoms with Crippen molar-refractivity contribution in [1.82, 2.24) is 4.98 Å². The van der Waals surface area contributed by atoms with Crippen molar-refractivity contribution in [2.45, 2.75) is 0 Å². The lowest BCUT2D eigenvalue weighted by Crippen LogP contribution is -2.01. The number of pyridine rings is 1. The number of nitrogen functional groups attached to an aromatic ring is 1. The first-order valence-corrected chi connectivity index (χ1v) is 4.80. The van der Waals surface area contributed by atoms with E-state index in [1.165, 1.54) is 0 Å². The third-order valence-electron chi connectivity index (χ3n) is 2.30. The standard InChI is InChI=1S/C12H13N3/c1-2-6-15-11-4-3-9-8-14-7-5-10(9)12(11)13/h2-5,7-8,15H,1,6,13H2. The second-order valence-electron chi connectivity index (χ2n) is 3.29. The molecule has 0 aliphatic heterocycles. The smallest absolute Gasteiger partial charge is 0.0630 e. The molecule has 0 unspecified atom stereocenters. The van der Waals surface area contributed by atoms with E-state index in [0.29, 0.717) is 6.54 Å². The Bertz CT molecular complexity index is 491. The van der Waals surface area contributed by atoms with E-state index >= 15 is 0 Å². The minimum atomic E-state index is 0.709. The molecule has 0 radical (unpaired) electrons. The zero-order chi connectivity index (χ0) is 10.7. The van der Waals surface area contributed by atoms with E-state index in [0.717, 1.165) is 22.1 Å². The highest BCUT2D eigenvalue weighted by molar-refractivity contribution is 5.98. The Morgan fingerprint density at radius 1 is 1.40 bits per heavy atom. The molecule has 1 heterocycles. The molecule has 76 valence electrons. The van der Waals surface area contributed by atoms with Crippen LogP contribution in [0.1, 0.15) is 0 Å². The molecule has 3 nitrogen and oxygen atoms in total. The first-order chi connectivity index (χ1) is 7.33. The molecular weight excluding hydrogens is 186 g/mol. The number of nitrogens with one attached hydrogen (secondary N) is 1. The van der Waals surface area contributed by atoms with Gasteiger partial charge in [0.05, 0.1) is 11.4 Å². The fourth-order valence-electron chi connectivity index (χ4n) is 1.53. The first-order valence-electron chi connectivity index (χ1n) is 4.80. The summed E-state index contributed by atoms with van der Waals surface area (Å²) in [6, 6.07) is 5.89. The summed E-state index contributed by atoms with van der Waals surface area (Å²) < 4.78 is 0. The van der Waals surface area contributed by atoms with Gasteiger partial charge < -0.3 is 11.1 Å². The van der Waals surface area contributed by atoms with Crippen molar-refractivity contribution in [3.63, 3.8) is 0 Å². The van der Waals surface area contributed by atoms with Gasteiger partial charge in [0.15, 0.2) is 0 Å². The van der Waals surface area contributed by atoms with Gasteiger partial charge in [0, 0.05) is 29.7 Å². The van der Waals surface area contributed by atoms with Crippen LogP contribution >= 0.6 is 0 Å². The molecule has 3 heteroatoms. The average molecular weight is 199 g/mol. The SMILES string of the molecule is C=CCNc1ccc2cnccc2c1N. The van der Waals surface area contributed by atoms with Gasteiger partial charge >= 0.3 is 0 Å². The Morgan fingerprint density at radius 3 is 3.07 bits per heavy atom. The normalized spacial score (nSPS) is 10.1. The fourth-order valence-corrected chi connectivity index (χ4v) is 1.53. The van der Waals surface area contributed by atoms with Gasteiger partial charge in [-0.1, -0.05) is 12.1 Å². The lowest BCUT2D eigenvalue weighted by Gasteiger charge is -2.09. The maximum Gasteiger partial charge on any atom is 0.0630 e. The van der Waals surface area contributed by atoms with E-state index < -0.39 is 0 Å². The molecule has 0 saturated heterocycles. The Labute approximate surface area is 88.6 Å². The molecule has 3 N–H and O–H groups in total. The zero-order valence-electron chi connectivity index (χ0n) is 8.40. The van der Waals surface area contributed by atoms with E-state index in [1.54, 1.807) is 12.3 Å². The van der Waals surface area contributed by atoms with Crippen molar-refractivity contribution in [1.29, 1.82) is 0 Å². The third kappa shape index (κ3) is 1.76. The number of rotatable bonds is 3. The topological polar surface area (TPSA) is 50.9 Å². The molecule has 0 bridgehead atoms. The number of nitrogens with zero attached hydrogens (tertiary/aromatic N) is 1. The van der Waals surface area contributed by atoms with Crippen LogP contribution in [0.2, 0.25) is 0 Å². The molecule has 0 atom stereocenters. The van der Waals surface area contributed by atoms with E-state index in [9.17, 15) is 0 Å². The largest absolute Gasteiger partial charge is 0.397 e. The van der Waals surface area contributed by atoms with Crippen LogP contribution < -0.4 is 11.1 Å². The highest BCUT2D eigenvalue weighted by Gasteiger charge is 2.02. The van der Waals surface area contributed by atoms with Crippen LogP contribution in [-0.4, -0.2) is 11.5 Å². The zero-order valence-corrected chi connectivity index (χ0v) is 8.40. The van der Waals surface area contributed by atoms with Gasteiger partial charge in [-0.2, -0.15) is 0 Å². The summed E-state index contributed by atoms with van der Waals surface area (Å²) in [7, 11) is 0. The molecule has 2 aromatic rings. The van der Waals surface area contributed by atoms with Crippen molar-refractivity contribution < 1.29 is 0 Å². The van der Waals surface area contributed by atoms with Crippen LogP contribution in [0, 0.1) is 0 Å². The number of benzene rings is 1. The summed E-state index contributed by atoms with van der Waals surface area (Å²) in [5.74, 6) is 0. The van der Waals surface area contributed by atoms with Crippen LogP contribution in [0.25, 0.3) is 10.8 Å². The predicted molar refractivity (Wildman–Crippen MR) is 64.8 cm³/mol. The monoisotopic (exact) mass is 199 g/mol. The summed E-state index contributed by atoms with van der Waals surface area (Å²) in [5, 5.41) is 5.27. The quantitative estimate of drug-likeness (QED) is 0.589. The van der Waals surface area contributed by atoms with Gasteiger partial charge in [0.1, 0.15) is 0 Å². The maximum absolute atomic E-state index is 6.04. The van der Waals surface area contributed by atoms with E-state index in [4.69, 9.17) is 5.73 Å². The van der Waals surface area contributed by atoms with Crippen molar-refractivity contribution in [3.05, 3.63) is 43.2 Å². The summed E-state index contributed by atoms with van der Waals surface area (Å²) >= 11 is 0. The summed E-state index contributed by atoms with van der Waals surface area (Å²) in [5.41, 5.74) is 7.73. The number of hydrogen-bond donors (Lipinski definition) is 2. The van der Waals surface area contributed by atoms with Crippen LogP contribution in [-0.2, 0) is 0 Å². The first kappa shape index (κ1) is 9.52. The molecule has 0 fully saturated rings. The Morgan fingerprint density at radius 2 is 2.27 bits per heavy atom. The number of hydrogen-bond acceptors (Lipinski definition) is 3. The molecule has 15 heavy (non-hydrogen) atoms. The van der Waals surface area contributed by atoms with Crippen molar-refractivity contribution >= 4 is 22.1 Å². The molecule has 0 amide bonds. The number of nitrogens with two attached hydrogens (primary N) is 1. The average Bonchev–Trinajstić information content (AvgIpc) is 2.29. The maximum atomic E-state index is 6.04. The number of aromatic nitrogens is 1. The summed E-state index contributed by atoms with van der Waals surface area (Å²) in [4.78, 5) is 4.05. The van der Waals surface area contributed by atoms with Crippen LogP contribution in [0.4, 0.5) is 11.4 Å². The third-order valence-corrected chi connectivity index (χ3v) is 2.30. The lowest BCUT2D eigenvalue weighted by molar-refractivity contribution is 1.34. The number of fused-ring (bicyclic) bond motifs is 1. The van der Waals surface area contributed by atoms with Gasteiger partial charge in [0.2, 0.25) is 0 Å². The van der Waals surface area contributed by atoms with Crippen LogP contribution in [0.5, 0.6) is 0 Å². The summed E-state index contributed by atoms with van der Waals surface area (Å²) in [6.45, 7) is 4.36. The van der Waals surface area contributed by atoms with E-state index in [-0.39, 0.29) is 0 Å². The molecule has 1 aromatic heterocycles. The second kappa shape index (κ2) is 4.00. The van der Waals surface area contributed by atoms with E-state index in [1.807, 2.05) is 24.4 Å². The van der Waals surface area contributed by atoms with Gasteiger partial charge in [0.25, 0.3) is 0 Å². The molecule has 2 rings (SSSR count). The number of anilines is 2. The predicted octanol–water partition coefficient (Wildman–Crippen LogP) is 2.41. The lowest BCUT2D eigenvalue weighted by atomic mass is 10.1. The molecule has 0 spiro atoms. The minimum Gasteiger partial charge on any atom is -0.397 e. The van der Waals surface area contributed by atoms with Gasteiger partial charge in [-0.3, -0.25) is 4.98 Å². The minimum absolute atomic E-state index is 0.709. The Balaban J connectivity index is 2.50.